The number of hydrogen-bond acceptors (Lipinski definition) is 5. The lowest BCUT2D eigenvalue weighted by molar-refractivity contribution is -0.136. The second-order valence-electron chi connectivity index (χ2n) is 9.87. The van der Waals surface area contributed by atoms with Crippen LogP contribution in [0.2, 0.25) is 5.02 Å². The second-order valence-corrected chi connectivity index (χ2v) is 10.3. The number of nitrogens with zero attached hydrogens (tertiary/aromatic N) is 2. The molecule has 0 spiro atoms. The smallest absolute Gasteiger partial charge is 0.227 e. The van der Waals surface area contributed by atoms with Crippen LogP contribution in [0, 0.1) is 23.5 Å². The molecule has 36 heavy (non-hydrogen) atoms. The summed E-state index contributed by atoms with van der Waals surface area (Å²) >= 11 is 6.48. The van der Waals surface area contributed by atoms with E-state index in [0.717, 1.165) is 18.1 Å². The molecule has 1 fully saturated rings. The molecule has 0 radical (unpaired) electrons. The normalized spacial score (nSPS) is 17.8. The standard InChI is InChI=1S/C27H33ClF2N2O4/c1-17(2)13-32(14-18-9-21(28)26-25(10-18)35-7-4-8-36-26)27(33)19-5-6-31(15-19)16-20-11-24(34-3)23(30)12-22(20)29/h9-12,17,19H,4-8,13-16H2,1-3H3. The molecule has 196 valence electrons. The Morgan fingerprint density at radius 3 is 2.72 bits per heavy atom. The molecule has 2 aromatic rings. The van der Waals surface area contributed by atoms with Crippen molar-refractivity contribution in [1.82, 2.24) is 9.80 Å². The van der Waals surface area contributed by atoms with Gasteiger partial charge in [0.2, 0.25) is 5.91 Å². The summed E-state index contributed by atoms with van der Waals surface area (Å²) in [7, 11) is 1.35. The van der Waals surface area contributed by atoms with Gasteiger partial charge in [0.05, 0.1) is 31.3 Å². The number of rotatable bonds is 8. The van der Waals surface area contributed by atoms with Crippen molar-refractivity contribution in [3.8, 4) is 17.2 Å². The van der Waals surface area contributed by atoms with Crippen molar-refractivity contribution in [1.29, 1.82) is 0 Å². The minimum Gasteiger partial charge on any atom is -0.494 e. The molecule has 2 aliphatic heterocycles. The minimum absolute atomic E-state index is 0.00937. The van der Waals surface area contributed by atoms with E-state index in [4.69, 9.17) is 25.8 Å². The van der Waals surface area contributed by atoms with Gasteiger partial charge in [0.25, 0.3) is 0 Å². The Balaban J connectivity index is 1.45. The summed E-state index contributed by atoms with van der Waals surface area (Å²) in [5, 5.41) is 0.477. The third-order valence-electron chi connectivity index (χ3n) is 6.47. The Morgan fingerprint density at radius 1 is 1.19 bits per heavy atom. The maximum absolute atomic E-state index is 14.3. The number of methoxy groups -OCH3 is 1. The van der Waals surface area contributed by atoms with E-state index < -0.39 is 11.6 Å². The summed E-state index contributed by atoms with van der Waals surface area (Å²) in [6.07, 6.45) is 1.46. The first-order valence-corrected chi connectivity index (χ1v) is 12.7. The van der Waals surface area contributed by atoms with Gasteiger partial charge in [-0.1, -0.05) is 25.4 Å². The van der Waals surface area contributed by atoms with Gasteiger partial charge in [-0.05, 0) is 42.6 Å². The van der Waals surface area contributed by atoms with E-state index in [-0.39, 0.29) is 30.0 Å². The van der Waals surface area contributed by atoms with Crippen molar-refractivity contribution in [3.05, 3.63) is 52.0 Å². The van der Waals surface area contributed by atoms with Crippen molar-refractivity contribution in [2.75, 3.05) is 40.0 Å². The SMILES string of the molecule is COc1cc(CN2CCC(C(=O)N(Cc3cc(Cl)c4c(c3)OCCCO4)CC(C)C)C2)c(F)cc1F. The number of benzene rings is 2. The monoisotopic (exact) mass is 522 g/mol. The fourth-order valence-corrected chi connectivity index (χ4v) is 5.08. The van der Waals surface area contributed by atoms with Gasteiger partial charge < -0.3 is 19.1 Å². The van der Waals surface area contributed by atoms with E-state index in [1.165, 1.54) is 13.2 Å². The number of carbonyl (C=O) groups excluding carboxylic acids is 1. The molecule has 6 nitrogen and oxygen atoms in total. The average Bonchev–Trinajstić information content (AvgIpc) is 3.16. The van der Waals surface area contributed by atoms with Crippen molar-refractivity contribution >= 4 is 17.5 Å². The number of fused-ring (bicyclic) bond motifs is 1. The van der Waals surface area contributed by atoms with E-state index in [2.05, 4.69) is 13.8 Å². The maximum Gasteiger partial charge on any atom is 0.227 e. The minimum atomic E-state index is -0.729. The van der Waals surface area contributed by atoms with Crippen molar-refractivity contribution < 1.29 is 27.8 Å². The third-order valence-corrected chi connectivity index (χ3v) is 6.75. The molecule has 2 aliphatic rings. The average molecular weight is 523 g/mol. The van der Waals surface area contributed by atoms with Gasteiger partial charge in [0.1, 0.15) is 5.82 Å². The molecular formula is C27H33ClF2N2O4. The Bertz CT molecular complexity index is 1100. The molecule has 4 rings (SSSR count). The van der Waals surface area contributed by atoms with Crippen molar-refractivity contribution in [2.45, 2.75) is 39.8 Å². The largest absolute Gasteiger partial charge is 0.494 e. The molecule has 0 N–H and O–H groups in total. The first kappa shape index (κ1) is 26.5. The molecule has 9 heteroatoms. The molecule has 0 saturated carbocycles. The zero-order valence-electron chi connectivity index (χ0n) is 21.0. The van der Waals surface area contributed by atoms with E-state index in [9.17, 15) is 13.6 Å². The van der Waals surface area contributed by atoms with Crippen LogP contribution in [-0.2, 0) is 17.9 Å². The van der Waals surface area contributed by atoms with Crippen LogP contribution in [0.3, 0.4) is 0 Å². The lowest BCUT2D eigenvalue weighted by Crippen LogP contribution is -2.39. The van der Waals surface area contributed by atoms with Gasteiger partial charge in [0.15, 0.2) is 23.1 Å². The van der Waals surface area contributed by atoms with Gasteiger partial charge in [-0.25, -0.2) is 8.78 Å². The maximum atomic E-state index is 14.3. The van der Waals surface area contributed by atoms with Crippen LogP contribution < -0.4 is 14.2 Å². The lowest BCUT2D eigenvalue weighted by atomic mass is 10.0. The summed E-state index contributed by atoms with van der Waals surface area (Å²) in [6.45, 7) is 7.72. The van der Waals surface area contributed by atoms with Crippen LogP contribution in [0.25, 0.3) is 0 Å². The van der Waals surface area contributed by atoms with E-state index in [0.29, 0.717) is 67.9 Å². The van der Waals surface area contributed by atoms with E-state index >= 15 is 0 Å². The Kier molecular flexibility index (Phi) is 8.57. The predicted molar refractivity (Wildman–Crippen MR) is 134 cm³/mol. The molecule has 1 amide bonds. The number of carbonyl (C=O) groups is 1. The third kappa shape index (κ3) is 6.21. The number of halogens is 3. The topological polar surface area (TPSA) is 51.2 Å². The predicted octanol–water partition coefficient (Wildman–Crippen LogP) is 5.29. The van der Waals surface area contributed by atoms with Crippen LogP contribution in [0.4, 0.5) is 8.78 Å². The molecule has 0 aliphatic carbocycles. The Labute approximate surface area is 216 Å². The molecule has 2 aromatic carbocycles. The summed E-state index contributed by atoms with van der Waals surface area (Å²) in [4.78, 5) is 17.5. The van der Waals surface area contributed by atoms with Gasteiger partial charge >= 0.3 is 0 Å². The summed E-state index contributed by atoms with van der Waals surface area (Å²) in [5.74, 6) is -0.0374. The number of hydrogen-bond donors (Lipinski definition) is 0. The summed E-state index contributed by atoms with van der Waals surface area (Å²) in [6, 6.07) is 5.97. The zero-order valence-corrected chi connectivity index (χ0v) is 21.7. The number of likely N-dealkylation sites (tertiary alicyclic amines) is 1. The van der Waals surface area contributed by atoms with E-state index in [1.54, 1.807) is 0 Å². The number of ether oxygens (including phenoxy) is 3. The first-order chi connectivity index (χ1) is 17.2. The highest BCUT2D eigenvalue weighted by atomic mass is 35.5. The van der Waals surface area contributed by atoms with Crippen LogP contribution in [0.5, 0.6) is 17.2 Å². The van der Waals surface area contributed by atoms with Crippen LogP contribution >= 0.6 is 11.6 Å². The molecule has 1 unspecified atom stereocenters. The highest BCUT2D eigenvalue weighted by Crippen LogP contribution is 2.38. The highest BCUT2D eigenvalue weighted by Gasteiger charge is 2.32. The highest BCUT2D eigenvalue weighted by molar-refractivity contribution is 6.32. The Morgan fingerprint density at radius 2 is 1.97 bits per heavy atom. The summed E-state index contributed by atoms with van der Waals surface area (Å²) < 4.78 is 44.6. The number of amides is 1. The van der Waals surface area contributed by atoms with Crippen LogP contribution in [0.15, 0.2) is 24.3 Å². The molecule has 0 aromatic heterocycles. The molecular weight excluding hydrogens is 490 g/mol. The lowest BCUT2D eigenvalue weighted by Gasteiger charge is -2.28. The molecule has 1 atom stereocenters. The zero-order chi connectivity index (χ0) is 25.8. The fourth-order valence-electron chi connectivity index (χ4n) is 4.79. The fraction of sp³-hybridized carbons (Fsp3) is 0.519. The Hall–Kier alpha value is -2.58. The van der Waals surface area contributed by atoms with Gasteiger partial charge in [-0.15, -0.1) is 0 Å². The molecule has 0 bridgehead atoms. The second kappa shape index (κ2) is 11.6. The van der Waals surface area contributed by atoms with Crippen LogP contribution in [0.1, 0.15) is 37.8 Å². The van der Waals surface area contributed by atoms with Crippen molar-refractivity contribution in [3.63, 3.8) is 0 Å². The van der Waals surface area contributed by atoms with E-state index in [1.807, 2.05) is 21.9 Å². The molecule has 1 saturated heterocycles. The molecule has 2 heterocycles. The van der Waals surface area contributed by atoms with Crippen molar-refractivity contribution in [2.24, 2.45) is 11.8 Å². The van der Waals surface area contributed by atoms with Gasteiger partial charge in [0, 0.05) is 44.2 Å². The summed E-state index contributed by atoms with van der Waals surface area (Å²) in [5.41, 5.74) is 1.23. The first-order valence-electron chi connectivity index (χ1n) is 12.4. The van der Waals surface area contributed by atoms with Crippen LogP contribution in [-0.4, -0.2) is 55.7 Å². The van der Waals surface area contributed by atoms with Gasteiger partial charge in [-0.2, -0.15) is 0 Å². The van der Waals surface area contributed by atoms with Gasteiger partial charge in [-0.3, -0.25) is 9.69 Å². The quantitative estimate of drug-likeness (QED) is 0.471.